The average Bonchev–Trinajstić information content (AvgIpc) is 2.68. The summed E-state index contributed by atoms with van der Waals surface area (Å²) in [6.45, 7) is 4.35. The Kier molecular flexibility index (Phi) is 17.3. The zero-order valence-corrected chi connectivity index (χ0v) is 19.0. The van der Waals surface area contributed by atoms with Crippen molar-refractivity contribution < 1.29 is 24.9 Å². The van der Waals surface area contributed by atoms with Gasteiger partial charge in [-0.3, -0.25) is 9.59 Å². The lowest BCUT2D eigenvalue weighted by molar-refractivity contribution is -0.157. The minimum atomic E-state index is -1.95. The van der Waals surface area contributed by atoms with Crippen molar-refractivity contribution in [3.8, 4) is 0 Å². The van der Waals surface area contributed by atoms with Gasteiger partial charge in [-0.05, 0) is 12.8 Å². The van der Waals surface area contributed by atoms with Gasteiger partial charge in [-0.25, -0.2) is 0 Å². The first kappa shape index (κ1) is 28.1. The molecule has 0 aliphatic rings. The lowest BCUT2D eigenvalue weighted by Crippen LogP contribution is -2.46. The topological polar surface area (TPSA) is 94.8 Å². The highest BCUT2D eigenvalue weighted by molar-refractivity contribution is 5.93. The second-order valence-corrected chi connectivity index (χ2v) is 8.62. The van der Waals surface area contributed by atoms with Gasteiger partial charge in [0.25, 0.3) is 0 Å². The van der Waals surface area contributed by atoms with Gasteiger partial charge in [0.15, 0.2) is 5.78 Å². The molecule has 0 heterocycles. The number of carboxylic acid groups (broad SMARTS) is 1. The molecule has 0 spiro atoms. The fourth-order valence-electron chi connectivity index (χ4n) is 3.84. The normalized spacial score (nSPS) is 14.5. The lowest BCUT2D eigenvalue weighted by atomic mass is 9.84. The third-order valence-corrected chi connectivity index (χ3v) is 5.73. The molecule has 0 aromatic carbocycles. The molecule has 172 valence electrons. The van der Waals surface area contributed by atoms with E-state index < -0.39 is 29.9 Å². The molecule has 0 aromatic heterocycles. The summed E-state index contributed by atoms with van der Waals surface area (Å²) in [4.78, 5) is 23.7. The predicted octanol–water partition coefficient (Wildman–Crippen LogP) is 5.79. The number of unbranched alkanes of at least 4 members (excludes halogenated alkanes) is 13. The summed E-state index contributed by atoms with van der Waals surface area (Å²) in [5, 5.41) is 30.0. The van der Waals surface area contributed by atoms with Crippen LogP contribution in [0.3, 0.4) is 0 Å². The number of aliphatic hydroxyl groups excluding tert-OH is 1. The highest BCUT2D eigenvalue weighted by Crippen LogP contribution is 2.25. The Morgan fingerprint density at radius 2 is 1.14 bits per heavy atom. The largest absolute Gasteiger partial charge is 0.481 e. The smallest absolute Gasteiger partial charge is 0.306 e. The van der Waals surface area contributed by atoms with Crippen LogP contribution in [0.2, 0.25) is 0 Å². The minimum absolute atomic E-state index is 0.113. The summed E-state index contributed by atoms with van der Waals surface area (Å²) in [5.41, 5.74) is -1.95. The van der Waals surface area contributed by atoms with Gasteiger partial charge in [0.1, 0.15) is 11.7 Å². The molecule has 0 amide bonds. The van der Waals surface area contributed by atoms with Crippen LogP contribution < -0.4 is 0 Å². The van der Waals surface area contributed by atoms with Gasteiger partial charge >= 0.3 is 5.97 Å². The summed E-state index contributed by atoms with van der Waals surface area (Å²) in [7, 11) is 0. The fourth-order valence-corrected chi connectivity index (χ4v) is 3.84. The molecule has 5 heteroatoms. The molecule has 2 unspecified atom stereocenters. The van der Waals surface area contributed by atoms with E-state index >= 15 is 0 Å². The van der Waals surface area contributed by atoms with Crippen LogP contribution in [0.4, 0.5) is 0 Å². The maximum atomic E-state index is 12.6. The molecule has 5 nitrogen and oxygen atoms in total. The van der Waals surface area contributed by atoms with Crippen molar-refractivity contribution in [3.63, 3.8) is 0 Å². The van der Waals surface area contributed by atoms with E-state index in [4.69, 9.17) is 5.11 Å². The number of carbonyl (C=O) groups is 2. The molecule has 0 fully saturated rings. The fraction of sp³-hybridized carbons (Fsp3) is 0.917. The van der Waals surface area contributed by atoms with E-state index in [1.54, 1.807) is 0 Å². The van der Waals surface area contributed by atoms with Gasteiger partial charge in [-0.1, -0.05) is 110 Å². The first-order valence-corrected chi connectivity index (χ1v) is 12.0. The molecule has 0 aliphatic heterocycles. The van der Waals surface area contributed by atoms with Gasteiger partial charge in [0.05, 0.1) is 6.42 Å². The molecule has 0 saturated carbocycles. The van der Waals surface area contributed by atoms with E-state index in [0.29, 0.717) is 12.8 Å². The van der Waals surface area contributed by atoms with Crippen LogP contribution in [0.1, 0.15) is 129 Å². The summed E-state index contributed by atoms with van der Waals surface area (Å²) >= 11 is 0. The first-order valence-electron chi connectivity index (χ1n) is 12.0. The molecule has 0 saturated heterocycles. The second-order valence-electron chi connectivity index (χ2n) is 8.62. The van der Waals surface area contributed by atoms with E-state index in [9.17, 15) is 19.8 Å². The quantitative estimate of drug-likeness (QED) is 0.207. The second kappa shape index (κ2) is 17.9. The van der Waals surface area contributed by atoms with E-state index in [1.807, 2.05) is 0 Å². The van der Waals surface area contributed by atoms with Crippen molar-refractivity contribution in [1.82, 2.24) is 0 Å². The van der Waals surface area contributed by atoms with Crippen LogP contribution in [0, 0.1) is 0 Å². The molecule has 2 atom stereocenters. The molecule has 0 aliphatic carbocycles. The Morgan fingerprint density at radius 3 is 1.59 bits per heavy atom. The average molecular weight is 415 g/mol. The molecule has 3 N–H and O–H groups in total. The van der Waals surface area contributed by atoms with Crippen LogP contribution in [0.15, 0.2) is 0 Å². The zero-order chi connectivity index (χ0) is 22.0. The Balaban J connectivity index is 4.26. The summed E-state index contributed by atoms with van der Waals surface area (Å²) in [6.07, 6.45) is 14.7. The number of aliphatic carboxylic acids is 1. The van der Waals surface area contributed by atoms with E-state index in [1.165, 1.54) is 44.9 Å². The van der Waals surface area contributed by atoms with E-state index in [0.717, 1.165) is 44.9 Å². The van der Waals surface area contributed by atoms with Crippen LogP contribution >= 0.6 is 0 Å². The molecule has 0 rings (SSSR count). The molecule has 0 radical (unpaired) electrons. The maximum Gasteiger partial charge on any atom is 0.306 e. The standard InChI is InChI=1S/C24H46O5/c1-3-5-7-9-11-12-13-15-17-19-24(29,20-22(26)27)23(28)21(25)18-16-14-10-8-6-4-2/h21,25,29H,3-20H2,1-2H3,(H,26,27). The maximum absolute atomic E-state index is 12.6. The van der Waals surface area contributed by atoms with Crippen molar-refractivity contribution in [1.29, 1.82) is 0 Å². The number of hydrogen-bond donors (Lipinski definition) is 3. The number of ketones is 1. The highest BCUT2D eigenvalue weighted by atomic mass is 16.4. The van der Waals surface area contributed by atoms with Crippen LogP contribution in [-0.2, 0) is 9.59 Å². The van der Waals surface area contributed by atoms with Gasteiger partial charge in [-0.15, -0.1) is 0 Å². The number of Topliss-reactive ketones (excluding diaryl/α,β-unsaturated/α-hetero) is 1. The van der Waals surface area contributed by atoms with E-state index in [-0.39, 0.29) is 6.42 Å². The summed E-state index contributed by atoms with van der Waals surface area (Å²) < 4.78 is 0. The molecular weight excluding hydrogens is 368 g/mol. The number of hydrogen-bond acceptors (Lipinski definition) is 4. The van der Waals surface area contributed by atoms with Gasteiger partial charge < -0.3 is 15.3 Å². The number of rotatable bonds is 21. The van der Waals surface area contributed by atoms with Crippen LogP contribution in [0.5, 0.6) is 0 Å². The highest BCUT2D eigenvalue weighted by Gasteiger charge is 2.40. The Morgan fingerprint density at radius 1 is 0.724 bits per heavy atom. The van der Waals surface area contributed by atoms with Crippen molar-refractivity contribution in [2.75, 3.05) is 0 Å². The first-order chi connectivity index (χ1) is 13.9. The number of carboxylic acids is 1. The third-order valence-electron chi connectivity index (χ3n) is 5.73. The Hall–Kier alpha value is -0.940. The molecule has 0 aromatic rings. The van der Waals surface area contributed by atoms with Gasteiger partial charge in [0.2, 0.25) is 0 Å². The SMILES string of the molecule is CCCCCCCCCCCC(O)(CC(=O)O)C(=O)C(O)CCCCCCCC. The van der Waals surface area contributed by atoms with E-state index in [2.05, 4.69) is 13.8 Å². The zero-order valence-electron chi connectivity index (χ0n) is 19.0. The number of aliphatic hydroxyl groups is 2. The van der Waals surface area contributed by atoms with Crippen LogP contribution in [0.25, 0.3) is 0 Å². The van der Waals surface area contributed by atoms with Crippen molar-refractivity contribution in [2.24, 2.45) is 0 Å². The van der Waals surface area contributed by atoms with Crippen molar-refractivity contribution >= 4 is 11.8 Å². The summed E-state index contributed by atoms with van der Waals surface area (Å²) in [5.74, 6) is -1.92. The van der Waals surface area contributed by atoms with Crippen molar-refractivity contribution in [2.45, 2.75) is 141 Å². The monoisotopic (exact) mass is 414 g/mol. The Bertz CT molecular complexity index is 423. The van der Waals surface area contributed by atoms with Crippen LogP contribution in [-0.4, -0.2) is 38.8 Å². The summed E-state index contributed by atoms with van der Waals surface area (Å²) in [6, 6.07) is 0. The van der Waals surface area contributed by atoms with Gasteiger partial charge in [0, 0.05) is 0 Å². The van der Waals surface area contributed by atoms with Crippen molar-refractivity contribution in [3.05, 3.63) is 0 Å². The van der Waals surface area contributed by atoms with Gasteiger partial charge in [-0.2, -0.15) is 0 Å². The third kappa shape index (κ3) is 14.6. The molecular formula is C24H46O5. The molecule has 29 heavy (non-hydrogen) atoms. The Labute approximate surface area is 178 Å². The molecule has 0 bridgehead atoms. The lowest BCUT2D eigenvalue weighted by Gasteiger charge is -2.27. The minimum Gasteiger partial charge on any atom is -0.481 e. The number of carbonyl (C=O) groups excluding carboxylic acids is 1. The predicted molar refractivity (Wildman–Crippen MR) is 118 cm³/mol.